The molecule has 2 nitrogen and oxygen atoms in total. The van der Waals surface area contributed by atoms with Crippen molar-refractivity contribution in [3.8, 4) is 0 Å². The van der Waals surface area contributed by atoms with Crippen LogP contribution < -0.4 is 5.73 Å². The maximum Gasteiger partial charge on any atom is 0.129 e. The zero-order valence-corrected chi connectivity index (χ0v) is 9.92. The molecule has 0 aliphatic carbocycles. The van der Waals surface area contributed by atoms with Crippen LogP contribution in [-0.4, -0.2) is 35.2 Å². The first-order valence-electron chi connectivity index (χ1n) is 5.41. The minimum absolute atomic E-state index is 0.00734. The Hall–Kier alpha value is -0.150. The van der Waals surface area contributed by atoms with E-state index in [-0.39, 0.29) is 17.6 Å². The van der Waals surface area contributed by atoms with E-state index in [4.69, 9.17) is 5.73 Å². The molecule has 0 aromatic carbocycles. The predicted octanol–water partition coefficient (Wildman–Crippen LogP) is 1.79. The number of nitrogens with two attached hydrogens (primary N) is 1. The second kappa shape index (κ2) is 3.78. The predicted molar refractivity (Wildman–Crippen MR) is 58.0 cm³/mol. The number of alkyl halides is 1. The van der Waals surface area contributed by atoms with Crippen LogP contribution in [0.4, 0.5) is 4.39 Å². The van der Waals surface area contributed by atoms with Gasteiger partial charge in [-0.05, 0) is 26.7 Å². The average Bonchev–Trinajstić information content (AvgIpc) is 2.27. The molecule has 1 unspecified atom stereocenters. The normalized spacial score (nSPS) is 35.6. The minimum Gasteiger partial charge on any atom is -0.324 e. The Labute approximate surface area is 86.6 Å². The summed E-state index contributed by atoms with van der Waals surface area (Å²) in [6.45, 7) is 11.1. The Morgan fingerprint density at radius 3 is 2.14 bits per heavy atom. The van der Waals surface area contributed by atoms with E-state index in [0.717, 1.165) is 0 Å². The van der Waals surface area contributed by atoms with Gasteiger partial charge in [-0.25, -0.2) is 4.39 Å². The van der Waals surface area contributed by atoms with Crippen LogP contribution in [0.3, 0.4) is 0 Å². The molecule has 1 aliphatic rings. The molecule has 1 fully saturated rings. The zero-order valence-electron chi connectivity index (χ0n) is 9.92. The van der Waals surface area contributed by atoms with Crippen molar-refractivity contribution in [1.82, 2.24) is 4.90 Å². The summed E-state index contributed by atoms with van der Waals surface area (Å²) in [4.78, 5) is 2.20. The van der Waals surface area contributed by atoms with E-state index >= 15 is 0 Å². The first-order chi connectivity index (χ1) is 6.25. The molecule has 14 heavy (non-hydrogen) atoms. The van der Waals surface area contributed by atoms with Crippen LogP contribution in [0.25, 0.3) is 0 Å². The molecule has 0 aromatic rings. The van der Waals surface area contributed by atoms with Crippen LogP contribution in [0.2, 0.25) is 0 Å². The first kappa shape index (κ1) is 11.9. The molecule has 1 saturated heterocycles. The molecule has 0 bridgehead atoms. The number of rotatable bonds is 1. The summed E-state index contributed by atoms with van der Waals surface area (Å²) in [5, 5.41) is 0. The summed E-state index contributed by atoms with van der Waals surface area (Å²) in [5.41, 5.74) is 5.90. The van der Waals surface area contributed by atoms with Crippen molar-refractivity contribution in [2.45, 2.75) is 58.4 Å². The van der Waals surface area contributed by atoms with Crippen LogP contribution in [0.5, 0.6) is 0 Å². The number of hydrogen-bond acceptors (Lipinski definition) is 2. The van der Waals surface area contributed by atoms with Crippen molar-refractivity contribution < 1.29 is 4.39 Å². The molecule has 1 aliphatic heterocycles. The van der Waals surface area contributed by atoms with Gasteiger partial charge in [0.15, 0.2) is 0 Å². The highest BCUT2D eigenvalue weighted by Gasteiger charge is 2.45. The summed E-state index contributed by atoms with van der Waals surface area (Å²) in [5.74, 6) is 0.407. The smallest absolute Gasteiger partial charge is 0.129 e. The van der Waals surface area contributed by atoms with Crippen LogP contribution in [0.1, 0.15) is 34.6 Å². The molecule has 0 saturated carbocycles. The molecule has 3 atom stereocenters. The van der Waals surface area contributed by atoms with Gasteiger partial charge in [0, 0.05) is 18.1 Å². The summed E-state index contributed by atoms with van der Waals surface area (Å²) >= 11 is 0. The third-order valence-electron chi connectivity index (χ3n) is 3.09. The topological polar surface area (TPSA) is 29.3 Å². The average molecular weight is 202 g/mol. The number of hydrogen-bond donors (Lipinski definition) is 1. The highest BCUT2D eigenvalue weighted by molar-refractivity contribution is 5.01. The van der Waals surface area contributed by atoms with Crippen LogP contribution in [0.15, 0.2) is 0 Å². The van der Waals surface area contributed by atoms with Gasteiger partial charge in [-0.1, -0.05) is 13.8 Å². The SMILES string of the molecule is CC(C)C1[C@H](N)[C@@H](F)CN1C(C)(C)C. The number of halogens is 1. The van der Waals surface area contributed by atoms with E-state index < -0.39 is 6.17 Å². The van der Waals surface area contributed by atoms with Crippen molar-refractivity contribution in [2.75, 3.05) is 6.54 Å². The second-order valence-electron chi connectivity index (χ2n) is 5.65. The van der Waals surface area contributed by atoms with E-state index in [2.05, 4.69) is 39.5 Å². The van der Waals surface area contributed by atoms with Crippen molar-refractivity contribution in [2.24, 2.45) is 11.7 Å². The van der Waals surface area contributed by atoms with Crippen LogP contribution in [0, 0.1) is 5.92 Å². The largest absolute Gasteiger partial charge is 0.324 e. The fourth-order valence-corrected chi connectivity index (χ4v) is 2.38. The second-order valence-corrected chi connectivity index (χ2v) is 5.65. The summed E-state index contributed by atoms with van der Waals surface area (Å²) in [6, 6.07) is -0.153. The molecule has 0 radical (unpaired) electrons. The Balaban J connectivity index is 2.86. The van der Waals surface area contributed by atoms with E-state index in [1.807, 2.05) is 0 Å². The highest BCUT2D eigenvalue weighted by Crippen LogP contribution is 2.31. The van der Waals surface area contributed by atoms with Crippen molar-refractivity contribution >= 4 is 0 Å². The van der Waals surface area contributed by atoms with Crippen molar-refractivity contribution in [1.29, 1.82) is 0 Å². The standard InChI is InChI=1S/C11H23FN2/c1-7(2)10-9(13)8(12)6-14(10)11(3,4)5/h7-10H,6,13H2,1-5H3/t8-,9+,10?/m0/s1. The molecular weight excluding hydrogens is 179 g/mol. The molecule has 0 amide bonds. The minimum atomic E-state index is -0.873. The lowest BCUT2D eigenvalue weighted by molar-refractivity contribution is 0.0886. The Bertz CT molecular complexity index is 198. The fourth-order valence-electron chi connectivity index (χ4n) is 2.38. The molecule has 1 rings (SSSR count). The molecule has 0 spiro atoms. The maximum absolute atomic E-state index is 13.5. The molecule has 2 N–H and O–H groups in total. The van der Waals surface area contributed by atoms with Gasteiger partial charge in [0.25, 0.3) is 0 Å². The maximum atomic E-state index is 13.5. The van der Waals surface area contributed by atoms with E-state index in [1.54, 1.807) is 0 Å². The summed E-state index contributed by atoms with van der Waals surface area (Å²) in [7, 11) is 0. The fraction of sp³-hybridized carbons (Fsp3) is 1.00. The van der Waals surface area contributed by atoms with Gasteiger partial charge in [0.2, 0.25) is 0 Å². The lowest BCUT2D eigenvalue weighted by atomic mass is 9.94. The molecule has 0 aromatic heterocycles. The van der Waals surface area contributed by atoms with E-state index in [0.29, 0.717) is 12.5 Å². The molecular formula is C11H23FN2. The van der Waals surface area contributed by atoms with Gasteiger partial charge in [0.05, 0.1) is 6.04 Å². The van der Waals surface area contributed by atoms with Gasteiger partial charge in [-0.3, -0.25) is 4.90 Å². The quantitative estimate of drug-likeness (QED) is 0.702. The number of likely N-dealkylation sites (tertiary alicyclic amines) is 1. The van der Waals surface area contributed by atoms with Crippen LogP contribution in [-0.2, 0) is 0 Å². The van der Waals surface area contributed by atoms with Gasteiger partial charge < -0.3 is 5.73 Å². The first-order valence-corrected chi connectivity index (χ1v) is 5.41. The zero-order chi connectivity index (χ0) is 11.1. The van der Waals surface area contributed by atoms with Crippen molar-refractivity contribution in [3.63, 3.8) is 0 Å². The molecule has 1 heterocycles. The Morgan fingerprint density at radius 1 is 1.36 bits per heavy atom. The Kier molecular flexibility index (Phi) is 3.22. The van der Waals surface area contributed by atoms with E-state index in [1.165, 1.54) is 0 Å². The lowest BCUT2D eigenvalue weighted by Crippen LogP contribution is -2.51. The van der Waals surface area contributed by atoms with E-state index in [9.17, 15) is 4.39 Å². The van der Waals surface area contributed by atoms with Gasteiger partial charge >= 0.3 is 0 Å². The highest BCUT2D eigenvalue weighted by atomic mass is 19.1. The third-order valence-corrected chi connectivity index (χ3v) is 3.09. The molecule has 3 heteroatoms. The monoisotopic (exact) mass is 202 g/mol. The van der Waals surface area contributed by atoms with Gasteiger partial charge in [-0.2, -0.15) is 0 Å². The lowest BCUT2D eigenvalue weighted by Gasteiger charge is -2.39. The number of nitrogens with zero attached hydrogens (tertiary/aromatic N) is 1. The summed E-state index contributed by atoms with van der Waals surface area (Å²) < 4.78 is 13.5. The van der Waals surface area contributed by atoms with Crippen molar-refractivity contribution in [3.05, 3.63) is 0 Å². The van der Waals surface area contributed by atoms with Gasteiger partial charge in [0.1, 0.15) is 6.17 Å². The van der Waals surface area contributed by atoms with Gasteiger partial charge in [-0.15, -0.1) is 0 Å². The molecule has 84 valence electrons. The Morgan fingerprint density at radius 2 is 1.86 bits per heavy atom. The van der Waals surface area contributed by atoms with Crippen LogP contribution >= 0.6 is 0 Å². The summed E-state index contributed by atoms with van der Waals surface area (Å²) in [6.07, 6.45) is -0.873. The third kappa shape index (κ3) is 2.09.